The summed E-state index contributed by atoms with van der Waals surface area (Å²) in [7, 11) is 2.75. The van der Waals surface area contributed by atoms with E-state index in [9.17, 15) is 0 Å². The number of halogens is 1. The van der Waals surface area contributed by atoms with Crippen LogP contribution in [0, 0.1) is 13.8 Å². The van der Waals surface area contributed by atoms with Gasteiger partial charge in [0.1, 0.15) is 0 Å². The molecule has 0 nitrogen and oxygen atoms in total. The first-order valence-electron chi connectivity index (χ1n) is 3.56. The number of rotatable bonds is 1. The van der Waals surface area contributed by atoms with Gasteiger partial charge in [-0.3, -0.25) is 0 Å². The molecule has 0 aliphatic carbocycles. The van der Waals surface area contributed by atoms with E-state index in [1.54, 1.807) is 0 Å². The molecule has 0 fully saturated rings. The Morgan fingerprint density at radius 3 is 2.45 bits per heavy atom. The largest absolute Gasteiger partial charge is 0.105 e. The number of hydrogen-bond acceptors (Lipinski definition) is 0. The van der Waals surface area contributed by atoms with Gasteiger partial charge in [-0.25, -0.2) is 0 Å². The quantitative estimate of drug-likeness (QED) is 0.515. The average molecular weight is 231 g/mol. The van der Waals surface area contributed by atoms with Gasteiger partial charge in [-0.15, -0.1) is 9.24 Å². The van der Waals surface area contributed by atoms with E-state index in [-0.39, 0.29) is 0 Å². The minimum absolute atomic E-state index is 0.945. The molecule has 1 rings (SSSR count). The van der Waals surface area contributed by atoms with Crippen LogP contribution < -0.4 is 5.30 Å². The molecular weight excluding hydrogens is 219 g/mol. The topological polar surface area (TPSA) is 0 Å². The molecule has 60 valence electrons. The van der Waals surface area contributed by atoms with Crippen LogP contribution >= 0.6 is 25.2 Å². The van der Waals surface area contributed by atoms with Crippen LogP contribution in [0.4, 0.5) is 0 Å². The molecule has 0 saturated carbocycles. The van der Waals surface area contributed by atoms with Crippen LogP contribution in [-0.4, -0.2) is 0 Å². The second-order valence-electron chi connectivity index (χ2n) is 2.77. The maximum Gasteiger partial charge on any atom is 0.0285 e. The van der Waals surface area contributed by atoms with Crippen molar-refractivity contribution in [3.05, 3.63) is 28.8 Å². The fraction of sp³-hybridized carbons (Fsp3) is 0.333. The molecule has 1 aromatic carbocycles. The van der Waals surface area contributed by atoms with Gasteiger partial charge in [0.05, 0.1) is 0 Å². The molecule has 0 radical (unpaired) electrons. The molecular formula is C9H12BrP. The third-order valence-electron chi connectivity index (χ3n) is 1.87. The highest BCUT2D eigenvalue weighted by Crippen LogP contribution is 2.13. The van der Waals surface area contributed by atoms with Gasteiger partial charge in [-0.05, 0) is 35.8 Å². The first-order valence-corrected chi connectivity index (χ1v) is 5.26. The lowest BCUT2D eigenvalue weighted by Gasteiger charge is -2.06. The van der Waals surface area contributed by atoms with Gasteiger partial charge in [-0.1, -0.05) is 28.1 Å². The van der Waals surface area contributed by atoms with Gasteiger partial charge in [0.25, 0.3) is 0 Å². The van der Waals surface area contributed by atoms with Gasteiger partial charge in [-0.2, -0.15) is 0 Å². The Bertz CT molecular complexity index is 269. The minimum Gasteiger partial charge on any atom is -0.105 e. The first kappa shape index (κ1) is 9.22. The number of aryl methyl sites for hydroxylation is 2. The Morgan fingerprint density at radius 2 is 1.91 bits per heavy atom. The summed E-state index contributed by atoms with van der Waals surface area (Å²) in [6, 6.07) is 4.43. The molecule has 0 saturated heterocycles. The van der Waals surface area contributed by atoms with Crippen molar-refractivity contribution in [2.75, 3.05) is 0 Å². The SMILES string of the molecule is Cc1cc(C)c(CBr)cc1P. The van der Waals surface area contributed by atoms with Crippen LogP contribution in [0.25, 0.3) is 0 Å². The van der Waals surface area contributed by atoms with E-state index in [1.807, 2.05) is 0 Å². The first-order chi connectivity index (χ1) is 5.15. The van der Waals surface area contributed by atoms with Gasteiger partial charge < -0.3 is 0 Å². The summed E-state index contributed by atoms with van der Waals surface area (Å²) < 4.78 is 0. The standard InChI is InChI=1S/C9H12BrP/c1-6-3-7(2)9(11)4-8(6)5-10/h3-4H,5,11H2,1-2H3. The molecule has 11 heavy (non-hydrogen) atoms. The van der Waals surface area contributed by atoms with Crippen molar-refractivity contribution in [3.8, 4) is 0 Å². The summed E-state index contributed by atoms with van der Waals surface area (Å²) in [5, 5.41) is 2.24. The summed E-state index contributed by atoms with van der Waals surface area (Å²) >= 11 is 3.46. The molecule has 0 N–H and O–H groups in total. The molecule has 1 aromatic rings. The van der Waals surface area contributed by atoms with Crippen LogP contribution in [0.15, 0.2) is 12.1 Å². The second kappa shape index (κ2) is 3.69. The summed E-state index contributed by atoms with van der Waals surface area (Å²) in [5.41, 5.74) is 4.09. The number of benzene rings is 1. The Morgan fingerprint density at radius 1 is 1.27 bits per heavy atom. The molecule has 2 heteroatoms. The van der Waals surface area contributed by atoms with Gasteiger partial charge >= 0.3 is 0 Å². The molecule has 0 spiro atoms. The average Bonchev–Trinajstić information content (AvgIpc) is 1.97. The van der Waals surface area contributed by atoms with Crippen molar-refractivity contribution in [3.63, 3.8) is 0 Å². The zero-order valence-corrected chi connectivity index (χ0v) is 9.56. The number of alkyl halides is 1. The van der Waals surface area contributed by atoms with E-state index in [1.165, 1.54) is 22.0 Å². The normalized spacial score (nSPS) is 10.2. The van der Waals surface area contributed by atoms with Crippen LogP contribution in [0.2, 0.25) is 0 Å². The fourth-order valence-electron chi connectivity index (χ4n) is 1.06. The monoisotopic (exact) mass is 230 g/mol. The molecule has 0 aromatic heterocycles. The summed E-state index contributed by atoms with van der Waals surface area (Å²) in [6.45, 7) is 4.28. The molecule has 0 heterocycles. The zero-order valence-electron chi connectivity index (χ0n) is 6.82. The Labute approximate surface area is 78.7 Å². The van der Waals surface area contributed by atoms with Crippen LogP contribution in [0.5, 0.6) is 0 Å². The number of hydrogen-bond donors (Lipinski definition) is 0. The van der Waals surface area contributed by atoms with Crippen molar-refractivity contribution in [1.82, 2.24) is 0 Å². The second-order valence-corrected chi connectivity index (χ2v) is 3.95. The smallest absolute Gasteiger partial charge is 0.0285 e. The van der Waals surface area contributed by atoms with Gasteiger partial charge in [0.2, 0.25) is 0 Å². The molecule has 0 aliphatic heterocycles. The molecule has 0 aliphatic rings. The third-order valence-corrected chi connectivity index (χ3v) is 3.09. The highest BCUT2D eigenvalue weighted by Gasteiger charge is 1.99. The highest BCUT2D eigenvalue weighted by atomic mass is 79.9. The van der Waals surface area contributed by atoms with Gasteiger partial charge in [0, 0.05) is 5.33 Å². The Kier molecular flexibility index (Phi) is 3.09. The third kappa shape index (κ3) is 2.04. The Balaban J connectivity index is 3.21. The highest BCUT2D eigenvalue weighted by molar-refractivity contribution is 9.08. The summed E-state index contributed by atoms with van der Waals surface area (Å²) in [5.74, 6) is 0. The minimum atomic E-state index is 0.945. The van der Waals surface area contributed by atoms with E-state index in [0.717, 1.165) is 5.33 Å². The van der Waals surface area contributed by atoms with E-state index in [2.05, 4.69) is 51.1 Å². The van der Waals surface area contributed by atoms with Crippen molar-refractivity contribution in [2.24, 2.45) is 0 Å². The summed E-state index contributed by atoms with van der Waals surface area (Å²) in [6.07, 6.45) is 0. The van der Waals surface area contributed by atoms with Crippen LogP contribution in [0.1, 0.15) is 16.7 Å². The van der Waals surface area contributed by atoms with Crippen molar-refractivity contribution in [2.45, 2.75) is 19.2 Å². The molecule has 0 bridgehead atoms. The summed E-state index contributed by atoms with van der Waals surface area (Å²) in [4.78, 5) is 0. The molecule has 1 unspecified atom stereocenters. The van der Waals surface area contributed by atoms with Crippen LogP contribution in [-0.2, 0) is 5.33 Å². The fourth-order valence-corrected chi connectivity index (χ4v) is 1.95. The maximum absolute atomic E-state index is 3.46. The van der Waals surface area contributed by atoms with E-state index in [0.29, 0.717) is 0 Å². The Hall–Kier alpha value is 0.130. The molecule has 1 atom stereocenters. The lowest BCUT2D eigenvalue weighted by molar-refractivity contribution is 1.30. The maximum atomic E-state index is 3.46. The predicted molar refractivity (Wildman–Crippen MR) is 57.9 cm³/mol. The lowest BCUT2D eigenvalue weighted by atomic mass is 10.1. The zero-order chi connectivity index (χ0) is 8.43. The van der Waals surface area contributed by atoms with Crippen LogP contribution in [0.3, 0.4) is 0 Å². The predicted octanol–water partition coefficient (Wildman–Crippen LogP) is 2.70. The van der Waals surface area contributed by atoms with Crippen molar-refractivity contribution >= 4 is 30.5 Å². The lowest BCUT2D eigenvalue weighted by Crippen LogP contribution is -2.00. The van der Waals surface area contributed by atoms with Crippen molar-refractivity contribution in [1.29, 1.82) is 0 Å². The van der Waals surface area contributed by atoms with E-state index >= 15 is 0 Å². The molecule has 0 amide bonds. The van der Waals surface area contributed by atoms with Gasteiger partial charge in [0.15, 0.2) is 0 Å². The van der Waals surface area contributed by atoms with Crippen molar-refractivity contribution < 1.29 is 0 Å². The van der Waals surface area contributed by atoms with E-state index in [4.69, 9.17) is 0 Å². The van der Waals surface area contributed by atoms with E-state index < -0.39 is 0 Å².